The van der Waals surface area contributed by atoms with Crippen LogP contribution in [0.25, 0.3) is 0 Å². The quantitative estimate of drug-likeness (QED) is 0.848. The van der Waals surface area contributed by atoms with E-state index in [2.05, 4.69) is 26.0 Å². The molecule has 0 bridgehead atoms. The van der Waals surface area contributed by atoms with Gasteiger partial charge in [-0.25, -0.2) is 13.1 Å². The maximum Gasteiger partial charge on any atom is 0.241 e. The van der Waals surface area contributed by atoms with E-state index in [1.807, 2.05) is 27.0 Å². The Bertz CT molecular complexity index is 610. The molecular weight excluding hydrogens is 340 g/mol. The number of nitrogens with one attached hydrogen (secondary N) is 2. The molecule has 0 spiro atoms. The minimum Gasteiger partial charge on any atom is -0.316 e. The largest absolute Gasteiger partial charge is 0.316 e. The van der Waals surface area contributed by atoms with Crippen molar-refractivity contribution in [1.29, 1.82) is 0 Å². The van der Waals surface area contributed by atoms with Gasteiger partial charge in [-0.2, -0.15) is 0 Å². The first-order valence-electron chi connectivity index (χ1n) is 6.75. The van der Waals surface area contributed by atoms with Gasteiger partial charge in [0.15, 0.2) is 0 Å². The summed E-state index contributed by atoms with van der Waals surface area (Å²) in [4.78, 5) is 0.366. The van der Waals surface area contributed by atoms with Gasteiger partial charge in [0.2, 0.25) is 10.0 Å². The molecule has 0 atom stereocenters. The van der Waals surface area contributed by atoms with E-state index < -0.39 is 10.0 Å². The molecule has 20 heavy (non-hydrogen) atoms. The Kier molecular flexibility index (Phi) is 4.59. The van der Waals surface area contributed by atoms with Gasteiger partial charge in [-0.1, -0.05) is 15.9 Å². The number of halogens is 1. The van der Waals surface area contributed by atoms with Crippen LogP contribution in [0.2, 0.25) is 0 Å². The van der Waals surface area contributed by atoms with Gasteiger partial charge in [-0.3, -0.25) is 0 Å². The summed E-state index contributed by atoms with van der Waals surface area (Å²) in [6.07, 6.45) is 2.90. The molecule has 1 aromatic carbocycles. The second-order valence-corrected chi connectivity index (χ2v) is 8.26. The second kappa shape index (κ2) is 5.75. The summed E-state index contributed by atoms with van der Waals surface area (Å²) in [5.74, 6) is 0. The van der Waals surface area contributed by atoms with Gasteiger partial charge in [-0.15, -0.1) is 0 Å². The Morgan fingerprint density at radius 1 is 1.35 bits per heavy atom. The van der Waals surface area contributed by atoms with Gasteiger partial charge in [0.1, 0.15) is 0 Å². The van der Waals surface area contributed by atoms with Crippen molar-refractivity contribution in [3.8, 4) is 0 Å². The fourth-order valence-electron chi connectivity index (χ4n) is 2.48. The highest BCUT2D eigenvalue weighted by Gasteiger charge is 2.36. The van der Waals surface area contributed by atoms with Gasteiger partial charge in [0.25, 0.3) is 0 Å². The topological polar surface area (TPSA) is 58.2 Å². The van der Waals surface area contributed by atoms with Crippen LogP contribution in [0, 0.1) is 6.92 Å². The average Bonchev–Trinajstić information content (AvgIpc) is 2.31. The van der Waals surface area contributed by atoms with Gasteiger partial charge in [-0.05, 0) is 63.4 Å². The Hall–Kier alpha value is -0.430. The first-order valence-corrected chi connectivity index (χ1v) is 9.03. The molecule has 1 fully saturated rings. The summed E-state index contributed by atoms with van der Waals surface area (Å²) < 4.78 is 28.9. The molecule has 0 saturated heterocycles. The van der Waals surface area contributed by atoms with Gasteiger partial charge in [0, 0.05) is 16.6 Å². The number of benzene rings is 1. The first-order chi connectivity index (χ1) is 9.27. The van der Waals surface area contributed by atoms with Gasteiger partial charge < -0.3 is 5.32 Å². The highest BCUT2D eigenvalue weighted by atomic mass is 79.9. The zero-order valence-electron chi connectivity index (χ0n) is 12.1. The zero-order chi connectivity index (χ0) is 15.0. The van der Waals surface area contributed by atoms with E-state index in [-0.39, 0.29) is 5.54 Å². The first kappa shape index (κ1) is 15.9. The van der Waals surface area contributed by atoms with Crippen LogP contribution in [0.5, 0.6) is 0 Å². The van der Waals surface area contributed by atoms with Gasteiger partial charge >= 0.3 is 0 Å². The van der Waals surface area contributed by atoms with Crippen LogP contribution >= 0.6 is 15.9 Å². The Morgan fingerprint density at radius 3 is 2.50 bits per heavy atom. The van der Waals surface area contributed by atoms with Crippen molar-refractivity contribution in [2.75, 3.05) is 7.05 Å². The highest BCUT2D eigenvalue weighted by molar-refractivity contribution is 9.10. The third-order valence-corrected chi connectivity index (χ3v) is 6.45. The van der Waals surface area contributed by atoms with E-state index in [0.717, 1.165) is 34.9 Å². The molecular formula is C14H21BrN2O2S. The van der Waals surface area contributed by atoms with E-state index in [4.69, 9.17) is 0 Å². The Morgan fingerprint density at radius 2 is 2.00 bits per heavy atom. The van der Waals surface area contributed by atoms with E-state index in [1.54, 1.807) is 6.07 Å². The lowest BCUT2D eigenvalue weighted by atomic mass is 9.80. The predicted octanol–water partition coefficient (Wildman–Crippen LogP) is 2.70. The molecule has 0 unspecified atom stereocenters. The van der Waals surface area contributed by atoms with Crippen LogP contribution in [0.3, 0.4) is 0 Å². The summed E-state index contributed by atoms with van der Waals surface area (Å²) in [6.45, 7) is 4.43. The van der Waals surface area contributed by atoms with Crippen LogP contribution in [0.1, 0.15) is 37.3 Å². The summed E-state index contributed by atoms with van der Waals surface area (Å²) in [5.41, 5.74) is 1.42. The number of rotatable bonds is 5. The third kappa shape index (κ3) is 3.24. The van der Waals surface area contributed by atoms with Crippen LogP contribution in [0.15, 0.2) is 21.5 Å². The van der Waals surface area contributed by atoms with Crippen molar-refractivity contribution in [2.24, 2.45) is 0 Å². The van der Waals surface area contributed by atoms with E-state index in [9.17, 15) is 8.42 Å². The summed E-state index contributed by atoms with van der Waals surface area (Å²) in [7, 11) is -1.64. The van der Waals surface area contributed by atoms with Crippen LogP contribution < -0.4 is 10.0 Å². The molecule has 0 aromatic heterocycles. The molecule has 0 radical (unpaired) electrons. The molecule has 1 saturated carbocycles. The molecule has 2 N–H and O–H groups in total. The predicted molar refractivity (Wildman–Crippen MR) is 84.2 cm³/mol. The maximum absolute atomic E-state index is 12.6. The third-order valence-electron chi connectivity index (χ3n) is 3.86. The van der Waals surface area contributed by atoms with Crippen molar-refractivity contribution in [1.82, 2.24) is 10.0 Å². The SMILES string of the molecule is CNCc1cc(Br)c(C)c(S(=O)(=O)NC2(C)CCC2)c1. The Labute approximate surface area is 129 Å². The molecule has 6 heteroatoms. The summed E-state index contributed by atoms with van der Waals surface area (Å²) >= 11 is 3.45. The second-order valence-electron chi connectivity index (χ2n) is 5.75. The minimum absolute atomic E-state index is 0.281. The van der Waals surface area contributed by atoms with E-state index in [0.29, 0.717) is 11.4 Å². The molecule has 2 rings (SSSR count). The molecule has 0 aliphatic heterocycles. The highest BCUT2D eigenvalue weighted by Crippen LogP contribution is 2.34. The molecule has 1 aliphatic rings. The molecule has 1 aromatic rings. The summed E-state index contributed by atoms with van der Waals surface area (Å²) in [5, 5.41) is 3.04. The average molecular weight is 361 g/mol. The minimum atomic E-state index is -3.48. The van der Waals surface area contributed by atoms with Crippen molar-refractivity contribution in [3.05, 3.63) is 27.7 Å². The molecule has 112 valence electrons. The van der Waals surface area contributed by atoms with Crippen LogP contribution in [-0.4, -0.2) is 21.0 Å². The van der Waals surface area contributed by atoms with Crippen LogP contribution in [0.4, 0.5) is 0 Å². The summed E-state index contributed by atoms with van der Waals surface area (Å²) in [6, 6.07) is 3.71. The molecule has 4 nitrogen and oxygen atoms in total. The van der Waals surface area contributed by atoms with E-state index >= 15 is 0 Å². The lowest BCUT2D eigenvalue weighted by Crippen LogP contribution is -2.50. The smallest absolute Gasteiger partial charge is 0.241 e. The molecule has 0 heterocycles. The van der Waals surface area contributed by atoms with Crippen LogP contribution in [-0.2, 0) is 16.6 Å². The zero-order valence-corrected chi connectivity index (χ0v) is 14.5. The fourth-order valence-corrected chi connectivity index (χ4v) is 4.90. The van der Waals surface area contributed by atoms with Crippen molar-refractivity contribution >= 4 is 26.0 Å². The Balaban J connectivity index is 2.39. The lowest BCUT2D eigenvalue weighted by molar-refractivity contribution is 0.248. The maximum atomic E-state index is 12.6. The fraction of sp³-hybridized carbons (Fsp3) is 0.571. The van der Waals surface area contributed by atoms with Gasteiger partial charge in [0.05, 0.1) is 4.90 Å². The van der Waals surface area contributed by atoms with Crippen molar-refractivity contribution in [2.45, 2.75) is 50.1 Å². The number of hydrogen-bond acceptors (Lipinski definition) is 3. The lowest BCUT2D eigenvalue weighted by Gasteiger charge is -2.38. The normalized spacial score (nSPS) is 17.8. The molecule has 0 amide bonds. The monoisotopic (exact) mass is 360 g/mol. The van der Waals surface area contributed by atoms with Crippen molar-refractivity contribution in [3.63, 3.8) is 0 Å². The number of sulfonamides is 1. The number of hydrogen-bond donors (Lipinski definition) is 2. The van der Waals surface area contributed by atoms with Crippen molar-refractivity contribution < 1.29 is 8.42 Å². The standard InChI is InChI=1S/C14H21BrN2O2S/c1-10-12(15)7-11(9-16-3)8-13(10)20(18,19)17-14(2)5-4-6-14/h7-8,16-17H,4-6,9H2,1-3H3. The van der Waals surface area contributed by atoms with E-state index in [1.165, 1.54) is 0 Å². The molecule has 1 aliphatic carbocycles.